The number of hydrogen-bond donors (Lipinski definition) is 1. The first-order valence-electron chi connectivity index (χ1n) is 3.64. The Morgan fingerprint density at radius 3 is 3.15 bits per heavy atom. The molecule has 0 radical (unpaired) electrons. The van der Waals surface area contributed by atoms with Gasteiger partial charge in [-0.25, -0.2) is 4.83 Å². The van der Waals surface area contributed by atoms with Crippen LogP contribution in [0.3, 0.4) is 0 Å². The minimum Gasteiger partial charge on any atom is -0.495 e. The van der Waals surface area contributed by atoms with Crippen molar-refractivity contribution >= 4 is 29.8 Å². The molecule has 2 rings (SSSR count). The maximum atomic E-state index is 6.08. The van der Waals surface area contributed by atoms with Gasteiger partial charge in [0.2, 0.25) is 0 Å². The minimum absolute atomic E-state index is 0.628. The number of nitrogens with one attached hydrogen (secondary N) is 1. The molecule has 0 aromatic heterocycles. The van der Waals surface area contributed by atoms with Crippen LogP contribution in [0.5, 0.6) is 5.75 Å². The van der Waals surface area contributed by atoms with Crippen molar-refractivity contribution in [2.24, 2.45) is 5.10 Å². The van der Waals surface area contributed by atoms with Gasteiger partial charge in [0.05, 0.1) is 23.2 Å². The number of fused-ring (bicyclic) bond motifs is 1. The lowest BCUT2D eigenvalue weighted by molar-refractivity contribution is 0.414. The van der Waals surface area contributed by atoms with Gasteiger partial charge in [-0.2, -0.15) is 5.10 Å². The summed E-state index contributed by atoms with van der Waals surface area (Å²) in [7, 11) is 1.60. The summed E-state index contributed by atoms with van der Waals surface area (Å²) in [6, 6.07) is 3.76. The Bertz CT molecular complexity index is 367. The first-order valence-corrected chi connectivity index (χ1v) is 4.84. The lowest BCUT2D eigenvalue weighted by atomic mass is 10.2. The predicted octanol–water partition coefficient (Wildman–Crippen LogP) is 2.29. The first kappa shape index (κ1) is 8.72. The average molecular weight is 215 g/mol. The summed E-state index contributed by atoms with van der Waals surface area (Å²) in [5.74, 6) is 0.685. The molecule has 1 N–H and O–H groups in total. The molecule has 0 aliphatic carbocycles. The Balaban J connectivity index is 2.56. The fourth-order valence-electron chi connectivity index (χ4n) is 1.08. The molecule has 1 aromatic rings. The van der Waals surface area contributed by atoms with Crippen LogP contribution in [0.2, 0.25) is 5.02 Å². The van der Waals surface area contributed by atoms with E-state index in [9.17, 15) is 0 Å². The Morgan fingerprint density at radius 2 is 2.38 bits per heavy atom. The second kappa shape index (κ2) is 3.47. The number of ether oxygens (including phenoxy) is 1. The highest BCUT2D eigenvalue weighted by atomic mass is 35.5. The van der Waals surface area contributed by atoms with Gasteiger partial charge in [-0.1, -0.05) is 11.6 Å². The number of methoxy groups -OCH3 is 1. The van der Waals surface area contributed by atoms with Gasteiger partial charge < -0.3 is 4.74 Å². The Morgan fingerprint density at radius 1 is 1.54 bits per heavy atom. The normalized spacial score (nSPS) is 13.4. The van der Waals surface area contributed by atoms with Crippen LogP contribution in [0.1, 0.15) is 5.56 Å². The van der Waals surface area contributed by atoms with E-state index in [1.54, 1.807) is 13.3 Å². The summed E-state index contributed by atoms with van der Waals surface area (Å²) in [4.78, 5) is 3.73. The molecule has 1 aliphatic rings. The fourth-order valence-corrected chi connectivity index (χ4v) is 2.07. The molecule has 13 heavy (non-hydrogen) atoms. The second-order valence-corrected chi connectivity index (χ2v) is 3.62. The zero-order chi connectivity index (χ0) is 9.26. The highest BCUT2D eigenvalue weighted by Gasteiger charge is 2.13. The van der Waals surface area contributed by atoms with E-state index in [1.807, 2.05) is 12.1 Å². The number of hydrogen-bond acceptors (Lipinski definition) is 4. The van der Waals surface area contributed by atoms with E-state index < -0.39 is 0 Å². The third kappa shape index (κ3) is 1.47. The Hall–Kier alpha value is -0.870. The Labute approximate surface area is 85.2 Å². The molecule has 0 amide bonds. The molecule has 1 heterocycles. The molecular formula is C8H7ClN2OS. The third-order valence-electron chi connectivity index (χ3n) is 1.72. The molecule has 0 fully saturated rings. The maximum Gasteiger partial charge on any atom is 0.138 e. The number of rotatable bonds is 1. The summed E-state index contributed by atoms with van der Waals surface area (Å²) in [6.45, 7) is 0. The Kier molecular flexibility index (Phi) is 2.33. The monoisotopic (exact) mass is 214 g/mol. The van der Waals surface area contributed by atoms with Gasteiger partial charge in [0.15, 0.2) is 0 Å². The van der Waals surface area contributed by atoms with Crippen LogP contribution < -0.4 is 9.57 Å². The molecular weight excluding hydrogens is 208 g/mol. The fraction of sp³-hybridized carbons (Fsp3) is 0.125. The van der Waals surface area contributed by atoms with E-state index >= 15 is 0 Å². The van der Waals surface area contributed by atoms with Crippen molar-refractivity contribution in [2.75, 3.05) is 7.11 Å². The molecule has 0 unspecified atom stereocenters. The van der Waals surface area contributed by atoms with Crippen molar-refractivity contribution in [1.29, 1.82) is 0 Å². The quantitative estimate of drug-likeness (QED) is 0.729. The number of halogens is 1. The van der Waals surface area contributed by atoms with Crippen molar-refractivity contribution in [3.63, 3.8) is 0 Å². The van der Waals surface area contributed by atoms with Gasteiger partial charge in [-0.3, -0.25) is 0 Å². The van der Waals surface area contributed by atoms with Gasteiger partial charge in [0.25, 0.3) is 0 Å². The largest absolute Gasteiger partial charge is 0.495 e. The van der Waals surface area contributed by atoms with Crippen LogP contribution >= 0.6 is 23.5 Å². The standard InChI is InChI=1S/C8H7ClN2OS/c1-12-6-3-2-5-4-10-11-13-8(5)7(6)9/h2-4,11H,1H3. The molecule has 1 aliphatic heterocycles. The average Bonchev–Trinajstić information content (AvgIpc) is 2.19. The molecule has 68 valence electrons. The van der Waals surface area contributed by atoms with Crippen molar-refractivity contribution in [1.82, 2.24) is 4.83 Å². The van der Waals surface area contributed by atoms with Gasteiger partial charge in [-0.15, -0.1) is 0 Å². The summed E-state index contributed by atoms with van der Waals surface area (Å²) in [5.41, 5.74) is 1.01. The van der Waals surface area contributed by atoms with E-state index in [2.05, 4.69) is 9.93 Å². The third-order valence-corrected chi connectivity index (χ3v) is 3.04. The highest BCUT2D eigenvalue weighted by molar-refractivity contribution is 7.97. The summed E-state index contributed by atoms with van der Waals surface area (Å²) >= 11 is 7.46. The van der Waals surface area contributed by atoms with E-state index in [-0.39, 0.29) is 0 Å². The van der Waals surface area contributed by atoms with Crippen molar-refractivity contribution in [3.8, 4) is 5.75 Å². The molecule has 0 atom stereocenters. The number of hydrazone groups is 1. The smallest absolute Gasteiger partial charge is 0.138 e. The summed E-state index contributed by atoms with van der Waals surface area (Å²) < 4.78 is 5.09. The van der Waals surface area contributed by atoms with Crippen LogP contribution in [0.15, 0.2) is 22.1 Å². The van der Waals surface area contributed by atoms with Gasteiger partial charge in [0.1, 0.15) is 5.75 Å². The predicted molar refractivity (Wildman–Crippen MR) is 54.6 cm³/mol. The lowest BCUT2D eigenvalue weighted by Crippen LogP contribution is -2.03. The van der Waals surface area contributed by atoms with Gasteiger partial charge in [0, 0.05) is 17.5 Å². The lowest BCUT2D eigenvalue weighted by Gasteiger charge is -2.13. The first-order chi connectivity index (χ1) is 6.33. The van der Waals surface area contributed by atoms with E-state index in [0.29, 0.717) is 10.8 Å². The second-order valence-electron chi connectivity index (χ2n) is 2.45. The molecule has 0 saturated heterocycles. The van der Waals surface area contributed by atoms with Crippen LogP contribution in [-0.2, 0) is 0 Å². The highest BCUT2D eigenvalue weighted by Crippen LogP contribution is 2.36. The molecule has 0 spiro atoms. The summed E-state index contributed by atoms with van der Waals surface area (Å²) in [5, 5.41) is 4.53. The van der Waals surface area contributed by atoms with Crippen LogP contribution in [0.4, 0.5) is 0 Å². The van der Waals surface area contributed by atoms with E-state index in [4.69, 9.17) is 16.3 Å². The molecule has 5 heteroatoms. The van der Waals surface area contributed by atoms with Gasteiger partial charge >= 0.3 is 0 Å². The van der Waals surface area contributed by atoms with Gasteiger partial charge in [-0.05, 0) is 12.1 Å². The molecule has 0 saturated carbocycles. The van der Waals surface area contributed by atoms with Crippen LogP contribution in [0.25, 0.3) is 0 Å². The van der Waals surface area contributed by atoms with Crippen LogP contribution in [0, 0.1) is 0 Å². The van der Waals surface area contributed by atoms with Crippen molar-refractivity contribution in [3.05, 3.63) is 22.7 Å². The zero-order valence-corrected chi connectivity index (χ0v) is 8.45. The maximum absolute atomic E-state index is 6.08. The van der Waals surface area contributed by atoms with E-state index in [1.165, 1.54) is 11.9 Å². The van der Waals surface area contributed by atoms with Crippen LogP contribution in [-0.4, -0.2) is 13.3 Å². The molecule has 3 nitrogen and oxygen atoms in total. The molecule has 1 aromatic carbocycles. The SMILES string of the molecule is COc1ccc2c(c1Cl)SNN=C2. The minimum atomic E-state index is 0.628. The summed E-state index contributed by atoms with van der Waals surface area (Å²) in [6.07, 6.45) is 1.73. The topological polar surface area (TPSA) is 33.6 Å². The zero-order valence-electron chi connectivity index (χ0n) is 6.87. The van der Waals surface area contributed by atoms with E-state index in [0.717, 1.165) is 10.5 Å². The number of benzene rings is 1. The van der Waals surface area contributed by atoms with Crippen molar-refractivity contribution < 1.29 is 4.74 Å². The number of nitrogens with zero attached hydrogens (tertiary/aromatic N) is 1. The molecule has 0 bridgehead atoms. The van der Waals surface area contributed by atoms with Crippen molar-refractivity contribution in [2.45, 2.75) is 4.90 Å².